The number of anilines is 1. The average molecular weight is 403 g/mol. The largest absolute Gasteiger partial charge is 0.346 e. The van der Waals surface area contributed by atoms with Crippen LogP contribution in [0.5, 0.6) is 0 Å². The van der Waals surface area contributed by atoms with Crippen molar-refractivity contribution in [3.8, 4) is 10.6 Å². The van der Waals surface area contributed by atoms with Gasteiger partial charge in [0.05, 0.1) is 23.2 Å². The molecule has 4 N–H and O–H groups in total. The molecule has 2 aromatic heterocycles. The molecule has 2 aromatic rings. The molecule has 0 aromatic carbocycles. The zero-order valence-corrected chi connectivity index (χ0v) is 17.0. The van der Waals surface area contributed by atoms with Crippen LogP contribution in [0.4, 0.5) is 5.13 Å². The fourth-order valence-electron chi connectivity index (χ4n) is 1.99. The van der Waals surface area contributed by atoms with Gasteiger partial charge in [-0.05, 0) is 31.9 Å². The Bertz CT molecular complexity index is 742. The summed E-state index contributed by atoms with van der Waals surface area (Å²) in [6.45, 7) is 7.61. The molecule has 138 valence electrons. The lowest BCUT2D eigenvalue weighted by molar-refractivity contribution is -0.125. The Balaban J connectivity index is 0.00000312. The van der Waals surface area contributed by atoms with Crippen molar-refractivity contribution in [2.45, 2.75) is 33.7 Å². The molecule has 0 aliphatic heterocycles. The molecule has 2 rings (SSSR count). The van der Waals surface area contributed by atoms with Crippen LogP contribution in [0.2, 0.25) is 0 Å². The molecule has 0 saturated carbocycles. The van der Waals surface area contributed by atoms with E-state index in [9.17, 15) is 9.59 Å². The zero-order chi connectivity index (χ0) is 17.9. The number of rotatable bonds is 6. The lowest BCUT2D eigenvalue weighted by Crippen LogP contribution is -2.46. The van der Waals surface area contributed by atoms with Gasteiger partial charge in [0.15, 0.2) is 5.13 Å². The molecular weight excluding hydrogens is 380 g/mol. The van der Waals surface area contributed by atoms with Gasteiger partial charge in [0.2, 0.25) is 11.8 Å². The molecule has 2 heterocycles. The van der Waals surface area contributed by atoms with Crippen molar-refractivity contribution in [3.63, 3.8) is 0 Å². The minimum Gasteiger partial charge on any atom is -0.346 e. The number of amides is 2. The van der Waals surface area contributed by atoms with E-state index < -0.39 is 6.04 Å². The van der Waals surface area contributed by atoms with E-state index in [4.69, 9.17) is 5.73 Å². The minimum absolute atomic E-state index is 0. The smallest absolute Gasteiger partial charge is 0.245 e. The molecule has 0 saturated heterocycles. The predicted octanol–water partition coefficient (Wildman–Crippen LogP) is 2.95. The Hall–Kier alpha value is -1.48. The molecule has 2 amide bonds. The number of nitrogens with two attached hydrogens (primary N) is 1. The van der Waals surface area contributed by atoms with E-state index in [0.29, 0.717) is 5.13 Å². The van der Waals surface area contributed by atoms with Gasteiger partial charge in [0.25, 0.3) is 0 Å². The predicted molar refractivity (Wildman–Crippen MR) is 107 cm³/mol. The highest BCUT2D eigenvalue weighted by Crippen LogP contribution is 2.34. The lowest BCUT2D eigenvalue weighted by Gasteiger charge is -2.14. The fraction of sp³-hybridized carbons (Fsp3) is 0.438. The topological polar surface area (TPSA) is 97.1 Å². The van der Waals surface area contributed by atoms with Crippen molar-refractivity contribution in [1.29, 1.82) is 0 Å². The van der Waals surface area contributed by atoms with Crippen molar-refractivity contribution in [2.24, 2.45) is 11.7 Å². The summed E-state index contributed by atoms with van der Waals surface area (Å²) in [5.41, 5.74) is 6.62. The maximum atomic E-state index is 12.0. The third-order valence-electron chi connectivity index (χ3n) is 3.46. The van der Waals surface area contributed by atoms with E-state index in [-0.39, 0.29) is 36.7 Å². The van der Waals surface area contributed by atoms with Gasteiger partial charge in [0, 0.05) is 9.75 Å². The number of thiophene rings is 1. The van der Waals surface area contributed by atoms with Crippen molar-refractivity contribution in [1.82, 2.24) is 10.3 Å². The maximum Gasteiger partial charge on any atom is 0.245 e. The number of hydrogen-bond donors (Lipinski definition) is 3. The van der Waals surface area contributed by atoms with Gasteiger partial charge < -0.3 is 16.4 Å². The molecule has 9 heteroatoms. The number of carbonyl (C=O) groups excluding carboxylic acids is 2. The van der Waals surface area contributed by atoms with Gasteiger partial charge in [-0.3, -0.25) is 9.59 Å². The Morgan fingerprint density at radius 3 is 2.48 bits per heavy atom. The Morgan fingerprint density at radius 1 is 1.24 bits per heavy atom. The van der Waals surface area contributed by atoms with Crippen LogP contribution in [0, 0.1) is 19.8 Å². The Labute approximate surface area is 161 Å². The number of halogens is 1. The summed E-state index contributed by atoms with van der Waals surface area (Å²) in [4.78, 5) is 31.6. The summed E-state index contributed by atoms with van der Waals surface area (Å²) in [5, 5.41) is 5.79. The van der Waals surface area contributed by atoms with Gasteiger partial charge >= 0.3 is 0 Å². The number of nitrogens with zero attached hydrogens (tertiary/aromatic N) is 1. The van der Waals surface area contributed by atoms with Gasteiger partial charge in [0.1, 0.15) is 0 Å². The van der Waals surface area contributed by atoms with Crippen LogP contribution in [0.25, 0.3) is 10.6 Å². The van der Waals surface area contributed by atoms with E-state index in [1.807, 2.05) is 39.8 Å². The van der Waals surface area contributed by atoms with Crippen LogP contribution in [-0.4, -0.2) is 29.4 Å². The van der Waals surface area contributed by atoms with Crippen molar-refractivity contribution in [3.05, 3.63) is 21.9 Å². The van der Waals surface area contributed by atoms with Crippen LogP contribution < -0.4 is 16.4 Å². The van der Waals surface area contributed by atoms with Gasteiger partial charge in [-0.2, -0.15) is 0 Å². The molecule has 1 atom stereocenters. The lowest BCUT2D eigenvalue weighted by atomic mass is 10.1. The summed E-state index contributed by atoms with van der Waals surface area (Å²) >= 11 is 3.09. The molecule has 0 aliphatic rings. The van der Waals surface area contributed by atoms with E-state index in [1.165, 1.54) is 16.2 Å². The van der Waals surface area contributed by atoms with Crippen LogP contribution in [-0.2, 0) is 9.59 Å². The minimum atomic E-state index is -0.617. The molecular formula is C16H23ClN4O2S2. The maximum absolute atomic E-state index is 12.0. The van der Waals surface area contributed by atoms with E-state index in [0.717, 1.165) is 15.4 Å². The number of aryl methyl sites for hydroxylation is 2. The molecule has 0 radical (unpaired) electrons. The van der Waals surface area contributed by atoms with Crippen LogP contribution in [0.3, 0.4) is 0 Å². The Morgan fingerprint density at radius 2 is 1.92 bits per heavy atom. The average Bonchev–Trinajstić information content (AvgIpc) is 3.09. The molecule has 0 bridgehead atoms. The second kappa shape index (κ2) is 9.28. The first-order valence-corrected chi connectivity index (χ1v) is 9.28. The molecule has 0 spiro atoms. The standard InChI is InChI=1S/C16H22N4O2S2.ClH/c1-8(2)13(17)15(22)18-7-12(21)19-16-20-14(10(4)24-16)11-6-5-9(3)23-11;/h5-6,8,13H,7,17H2,1-4H3,(H,18,22)(H,19,20,21);1H/t13-;/m0./s1. The first-order chi connectivity index (χ1) is 11.3. The highest BCUT2D eigenvalue weighted by Gasteiger charge is 2.18. The molecule has 25 heavy (non-hydrogen) atoms. The van der Waals surface area contributed by atoms with Crippen molar-refractivity contribution in [2.75, 3.05) is 11.9 Å². The number of carbonyl (C=O) groups is 2. The highest BCUT2D eigenvalue weighted by atomic mass is 35.5. The highest BCUT2D eigenvalue weighted by molar-refractivity contribution is 7.18. The molecule has 0 aliphatic carbocycles. The van der Waals surface area contributed by atoms with E-state index >= 15 is 0 Å². The van der Waals surface area contributed by atoms with Gasteiger partial charge in [-0.15, -0.1) is 35.1 Å². The quantitative estimate of drug-likeness (QED) is 0.691. The van der Waals surface area contributed by atoms with Gasteiger partial charge in [-0.1, -0.05) is 13.8 Å². The van der Waals surface area contributed by atoms with Crippen LogP contribution in [0.1, 0.15) is 23.6 Å². The monoisotopic (exact) mass is 402 g/mol. The van der Waals surface area contributed by atoms with Gasteiger partial charge in [-0.25, -0.2) is 4.98 Å². The number of nitrogens with one attached hydrogen (secondary N) is 2. The number of aromatic nitrogens is 1. The third kappa shape index (κ3) is 5.78. The van der Waals surface area contributed by atoms with E-state index in [2.05, 4.69) is 15.6 Å². The second-order valence-electron chi connectivity index (χ2n) is 5.87. The Kier molecular flexibility index (Phi) is 8.01. The second-order valence-corrected chi connectivity index (χ2v) is 8.36. The summed E-state index contributed by atoms with van der Waals surface area (Å²) in [5.74, 6) is -0.626. The van der Waals surface area contributed by atoms with E-state index in [1.54, 1.807) is 11.3 Å². The van der Waals surface area contributed by atoms with Crippen LogP contribution >= 0.6 is 35.1 Å². The normalized spacial score (nSPS) is 11.8. The fourth-order valence-corrected chi connectivity index (χ4v) is 3.81. The van der Waals surface area contributed by atoms with Crippen LogP contribution in [0.15, 0.2) is 12.1 Å². The summed E-state index contributed by atoms with van der Waals surface area (Å²) in [6, 6.07) is 3.46. The zero-order valence-electron chi connectivity index (χ0n) is 14.6. The third-order valence-corrected chi connectivity index (χ3v) is 5.35. The summed E-state index contributed by atoms with van der Waals surface area (Å²) < 4.78 is 0. The van der Waals surface area contributed by atoms with Crippen molar-refractivity contribution >= 4 is 52.0 Å². The first-order valence-electron chi connectivity index (χ1n) is 7.65. The molecule has 0 fully saturated rings. The summed E-state index contributed by atoms with van der Waals surface area (Å²) in [6.07, 6.45) is 0. The SMILES string of the molecule is Cc1ccc(-c2nc(NC(=O)CNC(=O)[C@@H](N)C(C)C)sc2C)s1.Cl. The molecule has 0 unspecified atom stereocenters. The summed E-state index contributed by atoms with van der Waals surface area (Å²) in [7, 11) is 0. The van der Waals surface area contributed by atoms with Crippen molar-refractivity contribution < 1.29 is 9.59 Å². The number of hydrogen-bond acceptors (Lipinski definition) is 6. The first kappa shape index (κ1) is 21.6. The number of thiazole rings is 1. The molecule has 6 nitrogen and oxygen atoms in total.